The molecule has 2 aliphatic heterocycles. The summed E-state index contributed by atoms with van der Waals surface area (Å²) in [5.41, 5.74) is 4.76. The first-order chi connectivity index (χ1) is 18.5. The number of unbranched alkanes of at least 4 members (excludes halogenated alkanes) is 6. The second-order valence-corrected chi connectivity index (χ2v) is 9.86. The molecule has 0 aliphatic carbocycles. The SMILES string of the molecule is CCCCCCN1C(=O)C2=C(c3ccc(C#N)cc3)N(CCCCCC)C(=O)C2=C1c1ccc(C#N)cc1. The molecule has 0 bridgehead atoms. The van der Waals surface area contributed by atoms with Crippen LogP contribution in [0.4, 0.5) is 0 Å². The zero-order valence-electron chi connectivity index (χ0n) is 22.3. The molecule has 194 valence electrons. The van der Waals surface area contributed by atoms with E-state index in [0.29, 0.717) is 46.8 Å². The fraction of sp³-hybridized carbons (Fsp3) is 0.375. The number of nitriles is 2. The number of fused-ring (bicyclic) bond motifs is 1. The summed E-state index contributed by atoms with van der Waals surface area (Å²) in [4.78, 5) is 31.7. The fourth-order valence-corrected chi connectivity index (χ4v) is 5.22. The molecule has 6 heteroatoms. The molecule has 6 nitrogen and oxygen atoms in total. The van der Waals surface area contributed by atoms with E-state index < -0.39 is 0 Å². The van der Waals surface area contributed by atoms with Crippen LogP contribution in [0.5, 0.6) is 0 Å². The second kappa shape index (κ2) is 12.4. The molecule has 0 atom stereocenters. The van der Waals surface area contributed by atoms with Gasteiger partial charge in [0.15, 0.2) is 0 Å². The zero-order chi connectivity index (χ0) is 27.1. The third-order valence-corrected chi connectivity index (χ3v) is 7.23. The molecule has 0 spiro atoms. The van der Waals surface area contributed by atoms with Crippen molar-refractivity contribution in [2.45, 2.75) is 65.2 Å². The first-order valence-corrected chi connectivity index (χ1v) is 13.7. The van der Waals surface area contributed by atoms with Gasteiger partial charge in [0.05, 0.1) is 45.8 Å². The van der Waals surface area contributed by atoms with E-state index in [4.69, 9.17) is 0 Å². The first-order valence-electron chi connectivity index (χ1n) is 13.7. The summed E-state index contributed by atoms with van der Waals surface area (Å²) in [6.07, 6.45) is 8.09. The molecule has 2 amide bonds. The zero-order valence-corrected chi connectivity index (χ0v) is 22.3. The van der Waals surface area contributed by atoms with Crippen LogP contribution < -0.4 is 0 Å². The van der Waals surface area contributed by atoms with Gasteiger partial charge >= 0.3 is 0 Å². The van der Waals surface area contributed by atoms with E-state index in [0.717, 1.165) is 62.5 Å². The molecule has 0 aromatic heterocycles. The lowest BCUT2D eigenvalue weighted by molar-refractivity contribution is -0.124. The van der Waals surface area contributed by atoms with Gasteiger partial charge in [-0.15, -0.1) is 0 Å². The van der Waals surface area contributed by atoms with Gasteiger partial charge in [0.2, 0.25) is 0 Å². The van der Waals surface area contributed by atoms with E-state index in [2.05, 4.69) is 26.0 Å². The third-order valence-electron chi connectivity index (χ3n) is 7.23. The molecule has 2 aromatic carbocycles. The number of hydrogen-bond donors (Lipinski definition) is 0. The second-order valence-electron chi connectivity index (χ2n) is 9.86. The summed E-state index contributed by atoms with van der Waals surface area (Å²) in [5, 5.41) is 18.6. The van der Waals surface area contributed by atoms with E-state index in [1.54, 1.807) is 34.1 Å². The normalized spacial score (nSPS) is 14.8. The number of benzene rings is 2. The van der Waals surface area contributed by atoms with Crippen LogP contribution in [0.15, 0.2) is 59.7 Å². The fourth-order valence-electron chi connectivity index (χ4n) is 5.22. The van der Waals surface area contributed by atoms with Crippen molar-refractivity contribution in [3.05, 3.63) is 81.9 Å². The topological polar surface area (TPSA) is 88.2 Å². The van der Waals surface area contributed by atoms with Gasteiger partial charge in [0.25, 0.3) is 11.8 Å². The van der Waals surface area contributed by atoms with Crippen molar-refractivity contribution in [1.82, 2.24) is 9.80 Å². The molecular formula is C32H34N4O2. The number of rotatable bonds is 12. The highest BCUT2D eigenvalue weighted by molar-refractivity contribution is 6.30. The Labute approximate surface area is 225 Å². The predicted molar refractivity (Wildman–Crippen MR) is 148 cm³/mol. The number of amides is 2. The van der Waals surface area contributed by atoms with Crippen LogP contribution in [-0.4, -0.2) is 34.7 Å². The highest BCUT2D eigenvalue weighted by Crippen LogP contribution is 2.46. The Kier molecular flexibility index (Phi) is 8.77. The summed E-state index contributed by atoms with van der Waals surface area (Å²) in [6, 6.07) is 18.5. The molecule has 2 aliphatic rings. The molecule has 0 saturated carbocycles. The van der Waals surface area contributed by atoms with Crippen molar-refractivity contribution in [2.75, 3.05) is 13.1 Å². The van der Waals surface area contributed by atoms with E-state index in [1.165, 1.54) is 0 Å². The maximum Gasteiger partial charge on any atom is 0.261 e. The van der Waals surface area contributed by atoms with Crippen LogP contribution in [-0.2, 0) is 9.59 Å². The number of carbonyl (C=O) groups excluding carboxylic acids is 2. The minimum absolute atomic E-state index is 0.153. The lowest BCUT2D eigenvalue weighted by Gasteiger charge is -2.25. The Bertz CT molecular complexity index is 1230. The van der Waals surface area contributed by atoms with Crippen LogP contribution in [0, 0.1) is 22.7 Å². The largest absolute Gasteiger partial charge is 0.307 e. The summed E-state index contributed by atoms with van der Waals surface area (Å²) >= 11 is 0. The first kappa shape index (κ1) is 26.9. The Balaban J connectivity index is 1.85. The summed E-state index contributed by atoms with van der Waals surface area (Å²) in [7, 11) is 0. The van der Waals surface area contributed by atoms with Crippen molar-refractivity contribution in [2.24, 2.45) is 0 Å². The molecular weight excluding hydrogens is 472 g/mol. The molecule has 0 fully saturated rings. The Morgan fingerprint density at radius 3 is 1.26 bits per heavy atom. The van der Waals surface area contributed by atoms with Gasteiger partial charge in [0.1, 0.15) is 0 Å². The van der Waals surface area contributed by atoms with E-state index in [9.17, 15) is 20.1 Å². The van der Waals surface area contributed by atoms with E-state index in [-0.39, 0.29) is 11.8 Å². The van der Waals surface area contributed by atoms with Crippen LogP contribution in [0.1, 0.15) is 87.5 Å². The van der Waals surface area contributed by atoms with Gasteiger partial charge in [-0.25, -0.2) is 0 Å². The molecule has 4 rings (SSSR count). The average Bonchev–Trinajstić information content (AvgIpc) is 3.40. The van der Waals surface area contributed by atoms with Crippen LogP contribution in [0.25, 0.3) is 11.4 Å². The van der Waals surface area contributed by atoms with Gasteiger partial charge in [-0.1, -0.05) is 76.6 Å². The van der Waals surface area contributed by atoms with Crippen LogP contribution in [0.2, 0.25) is 0 Å². The Hall–Kier alpha value is -4.16. The molecule has 0 unspecified atom stereocenters. The average molecular weight is 507 g/mol. The summed E-state index contributed by atoms with van der Waals surface area (Å²) in [6.45, 7) is 5.37. The van der Waals surface area contributed by atoms with Crippen molar-refractivity contribution in [3.8, 4) is 12.1 Å². The predicted octanol–water partition coefficient (Wildman–Crippen LogP) is 6.40. The van der Waals surface area contributed by atoms with Crippen molar-refractivity contribution in [1.29, 1.82) is 10.5 Å². The summed E-state index contributed by atoms with van der Waals surface area (Å²) < 4.78 is 0. The minimum Gasteiger partial charge on any atom is -0.307 e. The van der Waals surface area contributed by atoms with Gasteiger partial charge in [-0.3, -0.25) is 9.59 Å². The van der Waals surface area contributed by atoms with Crippen molar-refractivity contribution in [3.63, 3.8) is 0 Å². The summed E-state index contributed by atoms with van der Waals surface area (Å²) in [5.74, 6) is -0.306. The maximum absolute atomic E-state index is 14.1. The third kappa shape index (κ3) is 5.27. The van der Waals surface area contributed by atoms with Crippen LogP contribution >= 0.6 is 0 Å². The monoisotopic (exact) mass is 506 g/mol. The molecule has 0 radical (unpaired) electrons. The quantitative estimate of drug-likeness (QED) is 0.312. The van der Waals surface area contributed by atoms with Crippen LogP contribution in [0.3, 0.4) is 0 Å². The van der Waals surface area contributed by atoms with Gasteiger partial charge in [-0.05, 0) is 48.2 Å². The Morgan fingerprint density at radius 2 is 0.947 bits per heavy atom. The van der Waals surface area contributed by atoms with E-state index in [1.807, 2.05) is 24.3 Å². The Morgan fingerprint density at radius 1 is 0.579 bits per heavy atom. The van der Waals surface area contributed by atoms with Crippen molar-refractivity contribution < 1.29 is 9.59 Å². The standard InChI is InChI=1S/C32H34N4O2/c1-3-5-7-9-19-35-29(25-15-11-23(21-33)12-16-25)27-28(31(35)37)30(26-17-13-24(22-34)14-18-26)36(32(27)38)20-10-8-6-4-2/h11-18H,3-10,19-20H2,1-2H3. The minimum atomic E-state index is -0.153. The van der Waals surface area contributed by atoms with Gasteiger partial charge in [-0.2, -0.15) is 10.5 Å². The molecule has 0 saturated heterocycles. The smallest absolute Gasteiger partial charge is 0.261 e. The van der Waals surface area contributed by atoms with Gasteiger partial charge in [0, 0.05) is 13.1 Å². The maximum atomic E-state index is 14.1. The van der Waals surface area contributed by atoms with E-state index >= 15 is 0 Å². The van der Waals surface area contributed by atoms with Gasteiger partial charge < -0.3 is 9.80 Å². The van der Waals surface area contributed by atoms with Crippen molar-refractivity contribution >= 4 is 23.2 Å². The lowest BCUT2D eigenvalue weighted by Crippen LogP contribution is -2.31. The molecule has 0 N–H and O–H groups in total. The molecule has 2 aromatic rings. The number of hydrogen-bond acceptors (Lipinski definition) is 4. The number of nitrogens with zero attached hydrogens (tertiary/aromatic N) is 4. The number of carbonyl (C=O) groups is 2. The lowest BCUT2D eigenvalue weighted by atomic mass is 10.0. The highest BCUT2D eigenvalue weighted by Gasteiger charge is 2.48. The highest BCUT2D eigenvalue weighted by atomic mass is 16.2. The molecule has 2 heterocycles. The molecule has 38 heavy (non-hydrogen) atoms.